The lowest BCUT2D eigenvalue weighted by molar-refractivity contribution is -0.385. The van der Waals surface area contributed by atoms with E-state index >= 15 is 0 Å². The zero-order chi connectivity index (χ0) is 16.3. The van der Waals surface area contributed by atoms with Gasteiger partial charge in [-0.25, -0.2) is 0 Å². The Morgan fingerprint density at radius 3 is 2.91 bits per heavy atom. The van der Waals surface area contributed by atoms with Crippen LogP contribution in [0.1, 0.15) is 30.6 Å². The largest absolute Gasteiger partial charge is 0.502 e. The minimum absolute atomic E-state index is 0.0887. The fraction of sp³-hybridized carbons (Fsp3) is 0.533. The van der Waals surface area contributed by atoms with Crippen molar-refractivity contribution in [3.63, 3.8) is 0 Å². The van der Waals surface area contributed by atoms with Crippen molar-refractivity contribution in [1.29, 1.82) is 0 Å². The Kier molecular flexibility index (Phi) is 4.97. The van der Waals surface area contributed by atoms with Crippen LogP contribution >= 0.6 is 0 Å². The van der Waals surface area contributed by atoms with E-state index in [9.17, 15) is 20.0 Å². The first-order chi connectivity index (χ1) is 10.4. The Morgan fingerprint density at radius 1 is 1.55 bits per heavy atom. The van der Waals surface area contributed by atoms with Crippen molar-refractivity contribution in [1.82, 2.24) is 5.32 Å². The van der Waals surface area contributed by atoms with E-state index in [-0.39, 0.29) is 17.6 Å². The fourth-order valence-corrected chi connectivity index (χ4v) is 2.79. The van der Waals surface area contributed by atoms with Gasteiger partial charge in [-0.1, -0.05) is 19.9 Å². The van der Waals surface area contributed by atoms with Gasteiger partial charge < -0.3 is 15.2 Å². The molecule has 2 rings (SSSR count). The average molecular weight is 308 g/mol. The molecule has 7 heteroatoms. The molecule has 1 saturated heterocycles. The second-order valence-corrected chi connectivity index (χ2v) is 5.77. The van der Waals surface area contributed by atoms with Crippen LogP contribution in [0.2, 0.25) is 0 Å². The molecule has 1 fully saturated rings. The lowest BCUT2D eigenvalue weighted by Crippen LogP contribution is -2.34. The standard InChI is InChI=1S/C15H20N2O5/c1-9(2)14-10(6-7-22-14)8-16-15(19)11-4-3-5-12(13(11)18)17(20)21/h3-5,9-10,14,18H,6-8H2,1-2H3,(H,16,19). The molecule has 1 aliphatic heterocycles. The Morgan fingerprint density at radius 2 is 2.27 bits per heavy atom. The number of hydrogen-bond acceptors (Lipinski definition) is 5. The van der Waals surface area contributed by atoms with Gasteiger partial charge in [0, 0.05) is 25.1 Å². The summed E-state index contributed by atoms with van der Waals surface area (Å²) in [6.07, 6.45) is 0.961. The summed E-state index contributed by atoms with van der Waals surface area (Å²) in [7, 11) is 0. The molecule has 0 radical (unpaired) electrons. The van der Waals surface area contributed by atoms with Crippen LogP contribution in [0.15, 0.2) is 18.2 Å². The Bertz CT molecular complexity index is 573. The number of ether oxygens (including phenoxy) is 1. The highest BCUT2D eigenvalue weighted by atomic mass is 16.6. The van der Waals surface area contributed by atoms with Crippen LogP contribution in [0, 0.1) is 22.0 Å². The predicted octanol–water partition coefficient (Wildman–Crippen LogP) is 2.09. The normalized spacial score (nSPS) is 21.0. The molecule has 0 spiro atoms. The summed E-state index contributed by atoms with van der Waals surface area (Å²) in [6, 6.07) is 3.90. The molecule has 7 nitrogen and oxygen atoms in total. The Hall–Kier alpha value is -2.15. The number of phenolic OH excluding ortho intramolecular Hbond substituents is 1. The number of carbonyl (C=O) groups is 1. The Balaban J connectivity index is 2.04. The highest BCUT2D eigenvalue weighted by Gasteiger charge is 2.31. The van der Waals surface area contributed by atoms with Gasteiger partial charge >= 0.3 is 5.69 Å². The molecule has 120 valence electrons. The van der Waals surface area contributed by atoms with Crippen LogP contribution in [-0.2, 0) is 4.74 Å². The Labute approximate surface area is 128 Å². The molecule has 2 atom stereocenters. The highest BCUT2D eigenvalue weighted by molar-refractivity contribution is 5.98. The maximum absolute atomic E-state index is 12.1. The van der Waals surface area contributed by atoms with Crippen LogP contribution in [-0.4, -0.2) is 35.2 Å². The van der Waals surface area contributed by atoms with Crippen molar-refractivity contribution in [2.24, 2.45) is 11.8 Å². The molecule has 2 unspecified atom stereocenters. The van der Waals surface area contributed by atoms with E-state index < -0.39 is 22.3 Å². The van der Waals surface area contributed by atoms with Gasteiger partial charge in [-0.05, 0) is 18.4 Å². The topological polar surface area (TPSA) is 102 Å². The van der Waals surface area contributed by atoms with Crippen LogP contribution in [0.3, 0.4) is 0 Å². The summed E-state index contributed by atoms with van der Waals surface area (Å²) in [4.78, 5) is 22.2. The predicted molar refractivity (Wildman–Crippen MR) is 79.8 cm³/mol. The van der Waals surface area contributed by atoms with Crippen LogP contribution < -0.4 is 5.32 Å². The number of benzene rings is 1. The molecule has 1 aromatic rings. The van der Waals surface area contributed by atoms with Crippen molar-refractivity contribution in [3.8, 4) is 5.75 Å². The van der Waals surface area contributed by atoms with Crippen LogP contribution in [0.5, 0.6) is 5.75 Å². The molecule has 1 heterocycles. The summed E-state index contributed by atoms with van der Waals surface area (Å²) in [5.41, 5.74) is -0.564. The monoisotopic (exact) mass is 308 g/mol. The smallest absolute Gasteiger partial charge is 0.311 e. The van der Waals surface area contributed by atoms with Gasteiger partial charge in [0.05, 0.1) is 16.6 Å². The fourth-order valence-electron chi connectivity index (χ4n) is 2.79. The molecule has 2 N–H and O–H groups in total. The molecule has 0 bridgehead atoms. The van der Waals surface area contributed by atoms with Gasteiger partial charge in [0.2, 0.25) is 5.75 Å². The number of nitrogens with zero attached hydrogens (tertiary/aromatic N) is 1. The first kappa shape index (κ1) is 16.2. The first-order valence-corrected chi connectivity index (χ1v) is 7.28. The first-order valence-electron chi connectivity index (χ1n) is 7.28. The van der Waals surface area contributed by atoms with E-state index in [1.165, 1.54) is 12.1 Å². The molecule has 22 heavy (non-hydrogen) atoms. The number of carbonyl (C=O) groups excluding carboxylic acids is 1. The zero-order valence-corrected chi connectivity index (χ0v) is 12.6. The van der Waals surface area contributed by atoms with E-state index in [4.69, 9.17) is 4.74 Å². The molecule has 0 saturated carbocycles. The molecular formula is C15H20N2O5. The summed E-state index contributed by atoms with van der Waals surface area (Å²) in [5, 5.41) is 23.3. The van der Waals surface area contributed by atoms with Gasteiger partial charge in [0.25, 0.3) is 5.91 Å². The van der Waals surface area contributed by atoms with E-state index in [2.05, 4.69) is 19.2 Å². The number of phenols is 1. The molecule has 1 aliphatic rings. The van der Waals surface area contributed by atoms with Gasteiger partial charge in [-0.3, -0.25) is 14.9 Å². The maximum Gasteiger partial charge on any atom is 0.311 e. The van der Waals surface area contributed by atoms with Crippen LogP contribution in [0.25, 0.3) is 0 Å². The summed E-state index contributed by atoms with van der Waals surface area (Å²) < 4.78 is 5.65. The minimum atomic E-state index is -0.717. The third-order valence-electron chi connectivity index (χ3n) is 3.90. The number of aromatic hydroxyl groups is 1. The number of rotatable bonds is 5. The van der Waals surface area contributed by atoms with Gasteiger partial charge in [-0.15, -0.1) is 0 Å². The minimum Gasteiger partial charge on any atom is -0.502 e. The number of nitro benzene ring substituents is 1. The number of nitro groups is 1. The quantitative estimate of drug-likeness (QED) is 0.640. The van der Waals surface area contributed by atoms with Crippen molar-refractivity contribution in [3.05, 3.63) is 33.9 Å². The van der Waals surface area contributed by atoms with E-state index in [1.54, 1.807) is 0 Å². The SMILES string of the molecule is CC(C)C1OCCC1CNC(=O)c1cccc([N+](=O)[O-])c1O. The lowest BCUT2D eigenvalue weighted by atomic mass is 9.93. The van der Waals surface area contributed by atoms with Crippen LogP contribution in [0.4, 0.5) is 5.69 Å². The second-order valence-electron chi connectivity index (χ2n) is 5.77. The number of hydrogen-bond donors (Lipinski definition) is 2. The second kappa shape index (κ2) is 6.74. The van der Waals surface area contributed by atoms with Gasteiger partial charge in [0.1, 0.15) is 0 Å². The molecule has 1 amide bonds. The van der Waals surface area contributed by atoms with Crippen molar-refractivity contribution in [2.45, 2.75) is 26.4 Å². The molecular weight excluding hydrogens is 288 g/mol. The molecule has 0 aromatic heterocycles. The van der Waals surface area contributed by atoms with Gasteiger partial charge in [0.15, 0.2) is 0 Å². The molecule has 0 aliphatic carbocycles. The van der Waals surface area contributed by atoms with Crippen molar-refractivity contribution < 1.29 is 19.6 Å². The third kappa shape index (κ3) is 3.36. The maximum atomic E-state index is 12.1. The van der Waals surface area contributed by atoms with Gasteiger partial charge in [-0.2, -0.15) is 0 Å². The van der Waals surface area contributed by atoms with E-state index in [0.717, 1.165) is 12.5 Å². The summed E-state index contributed by atoms with van der Waals surface area (Å²) in [6.45, 7) is 5.23. The van der Waals surface area contributed by atoms with E-state index in [0.29, 0.717) is 19.1 Å². The van der Waals surface area contributed by atoms with E-state index in [1.807, 2.05) is 0 Å². The average Bonchev–Trinajstić information content (AvgIpc) is 2.93. The lowest BCUT2D eigenvalue weighted by Gasteiger charge is -2.22. The number of nitrogens with one attached hydrogen (secondary N) is 1. The number of amides is 1. The highest BCUT2D eigenvalue weighted by Crippen LogP contribution is 2.30. The number of para-hydroxylation sites is 1. The zero-order valence-electron chi connectivity index (χ0n) is 12.6. The van der Waals surface area contributed by atoms with Crippen molar-refractivity contribution in [2.75, 3.05) is 13.2 Å². The summed E-state index contributed by atoms with van der Waals surface area (Å²) in [5.74, 6) is -0.552. The third-order valence-corrected chi connectivity index (χ3v) is 3.90. The molecule has 1 aromatic carbocycles. The van der Waals surface area contributed by atoms with Crippen molar-refractivity contribution >= 4 is 11.6 Å². The summed E-state index contributed by atoms with van der Waals surface area (Å²) >= 11 is 0.